The lowest BCUT2D eigenvalue weighted by atomic mass is 10.2. The third kappa shape index (κ3) is 3.02. The van der Waals surface area contributed by atoms with Gasteiger partial charge >= 0.3 is 0 Å². The fourth-order valence-electron chi connectivity index (χ4n) is 1.65. The van der Waals surface area contributed by atoms with Crippen molar-refractivity contribution in [1.82, 2.24) is 14.8 Å². The molecule has 0 radical (unpaired) electrons. The number of aryl methyl sites for hydroxylation is 1. The highest BCUT2D eigenvalue weighted by Crippen LogP contribution is 2.23. The Morgan fingerprint density at radius 2 is 2.22 bits per heavy atom. The molecule has 6 heteroatoms. The lowest BCUT2D eigenvalue weighted by Gasteiger charge is -2.06. The maximum absolute atomic E-state index is 9.39. The number of nitrogens with two attached hydrogens (primary N) is 1. The number of hydrogen-bond donors (Lipinski definition) is 2. The van der Waals surface area contributed by atoms with E-state index >= 15 is 0 Å². The second-order valence-corrected chi connectivity index (χ2v) is 4.87. The van der Waals surface area contributed by atoms with E-state index in [2.05, 4.69) is 10.2 Å². The first-order valence-electron chi connectivity index (χ1n) is 5.71. The molecule has 0 saturated heterocycles. The Bertz CT molecular complexity index is 527. The lowest BCUT2D eigenvalue weighted by Crippen LogP contribution is -2.12. The van der Waals surface area contributed by atoms with Crippen LogP contribution in [0.1, 0.15) is 11.4 Å². The minimum Gasteiger partial charge on any atom is -0.508 e. The number of aromatic nitrogens is 3. The van der Waals surface area contributed by atoms with Gasteiger partial charge in [-0.15, -0.1) is 10.2 Å². The van der Waals surface area contributed by atoms with E-state index in [0.29, 0.717) is 6.54 Å². The number of nitrogens with zero attached hydrogens (tertiary/aromatic N) is 3. The van der Waals surface area contributed by atoms with Crippen LogP contribution in [0.15, 0.2) is 29.4 Å². The summed E-state index contributed by atoms with van der Waals surface area (Å²) in [6.07, 6.45) is 0. The maximum Gasteiger partial charge on any atom is 0.191 e. The van der Waals surface area contributed by atoms with Crippen molar-refractivity contribution < 1.29 is 5.11 Å². The summed E-state index contributed by atoms with van der Waals surface area (Å²) in [7, 11) is 0. The molecule has 1 aromatic carbocycles. The van der Waals surface area contributed by atoms with Gasteiger partial charge in [-0.3, -0.25) is 0 Å². The molecule has 1 heterocycles. The molecule has 0 aliphatic rings. The average Bonchev–Trinajstić information content (AvgIpc) is 2.69. The van der Waals surface area contributed by atoms with Gasteiger partial charge in [0.15, 0.2) is 5.16 Å². The van der Waals surface area contributed by atoms with Crippen LogP contribution in [-0.2, 0) is 12.3 Å². The van der Waals surface area contributed by atoms with Crippen LogP contribution in [0, 0.1) is 6.92 Å². The minimum absolute atomic E-state index is 0.285. The standard InChI is InChI=1S/C12H16N4OS/c1-9-14-15-12(16(9)6-5-13)18-8-10-3-2-4-11(17)7-10/h2-4,7,17H,5-6,8,13H2,1H3. The van der Waals surface area contributed by atoms with E-state index in [4.69, 9.17) is 5.73 Å². The van der Waals surface area contributed by atoms with Crippen molar-refractivity contribution in [2.24, 2.45) is 5.73 Å². The second kappa shape index (κ2) is 5.88. The van der Waals surface area contributed by atoms with Gasteiger partial charge in [-0.05, 0) is 24.6 Å². The number of thioether (sulfide) groups is 1. The average molecular weight is 264 g/mol. The van der Waals surface area contributed by atoms with Gasteiger partial charge in [-0.1, -0.05) is 23.9 Å². The van der Waals surface area contributed by atoms with Crippen LogP contribution >= 0.6 is 11.8 Å². The van der Waals surface area contributed by atoms with Gasteiger partial charge in [0, 0.05) is 18.8 Å². The van der Waals surface area contributed by atoms with Gasteiger partial charge in [-0.25, -0.2) is 0 Å². The third-order valence-corrected chi connectivity index (χ3v) is 3.57. The second-order valence-electron chi connectivity index (χ2n) is 3.93. The topological polar surface area (TPSA) is 77.0 Å². The molecule has 0 bridgehead atoms. The largest absolute Gasteiger partial charge is 0.508 e. The zero-order chi connectivity index (χ0) is 13.0. The van der Waals surface area contributed by atoms with Crippen LogP contribution in [0.4, 0.5) is 0 Å². The van der Waals surface area contributed by atoms with Gasteiger partial charge in [-0.2, -0.15) is 0 Å². The van der Waals surface area contributed by atoms with E-state index in [1.165, 1.54) is 0 Å². The maximum atomic E-state index is 9.39. The number of benzene rings is 1. The number of phenolic OH excluding ortho intramolecular Hbond substituents is 1. The number of rotatable bonds is 5. The Hall–Kier alpha value is -1.53. The first-order chi connectivity index (χ1) is 8.70. The fraction of sp³-hybridized carbons (Fsp3) is 0.333. The molecule has 0 spiro atoms. The highest BCUT2D eigenvalue weighted by Gasteiger charge is 2.08. The molecule has 2 aromatic rings. The zero-order valence-electron chi connectivity index (χ0n) is 10.2. The summed E-state index contributed by atoms with van der Waals surface area (Å²) in [6.45, 7) is 3.21. The third-order valence-electron chi connectivity index (χ3n) is 2.53. The summed E-state index contributed by atoms with van der Waals surface area (Å²) >= 11 is 1.59. The van der Waals surface area contributed by atoms with Crippen LogP contribution < -0.4 is 5.73 Å². The molecular weight excluding hydrogens is 248 g/mol. The molecule has 18 heavy (non-hydrogen) atoms. The van der Waals surface area contributed by atoms with Crippen molar-refractivity contribution in [3.05, 3.63) is 35.7 Å². The van der Waals surface area contributed by atoms with E-state index in [1.807, 2.05) is 23.6 Å². The van der Waals surface area contributed by atoms with E-state index in [1.54, 1.807) is 23.9 Å². The molecule has 0 amide bonds. The first kappa shape index (κ1) is 12.9. The Morgan fingerprint density at radius 3 is 2.94 bits per heavy atom. The summed E-state index contributed by atoms with van der Waals surface area (Å²) in [5, 5.41) is 18.4. The molecule has 2 rings (SSSR count). The smallest absolute Gasteiger partial charge is 0.191 e. The Labute approximate surface area is 110 Å². The predicted octanol–water partition coefficient (Wildman–Crippen LogP) is 1.54. The highest BCUT2D eigenvalue weighted by molar-refractivity contribution is 7.98. The van der Waals surface area contributed by atoms with Crippen molar-refractivity contribution in [3.8, 4) is 5.75 Å². The molecule has 3 N–H and O–H groups in total. The van der Waals surface area contributed by atoms with Crippen LogP contribution in [0.25, 0.3) is 0 Å². The van der Waals surface area contributed by atoms with Gasteiger partial charge in [0.1, 0.15) is 11.6 Å². The Morgan fingerprint density at radius 1 is 1.39 bits per heavy atom. The molecule has 0 fully saturated rings. The molecule has 0 aliphatic carbocycles. The lowest BCUT2D eigenvalue weighted by molar-refractivity contribution is 0.475. The molecule has 5 nitrogen and oxygen atoms in total. The summed E-state index contributed by atoms with van der Waals surface area (Å²) < 4.78 is 2.01. The van der Waals surface area contributed by atoms with Gasteiger partial charge in [0.25, 0.3) is 0 Å². The quantitative estimate of drug-likeness (QED) is 0.801. The monoisotopic (exact) mass is 264 g/mol. The molecular formula is C12H16N4OS. The van der Waals surface area contributed by atoms with Gasteiger partial charge in [0.2, 0.25) is 0 Å². The van der Waals surface area contributed by atoms with Crippen molar-refractivity contribution in [1.29, 1.82) is 0 Å². The highest BCUT2D eigenvalue weighted by atomic mass is 32.2. The molecule has 0 aliphatic heterocycles. The van der Waals surface area contributed by atoms with E-state index in [-0.39, 0.29) is 5.75 Å². The summed E-state index contributed by atoms with van der Waals surface area (Å²) in [5.74, 6) is 1.91. The van der Waals surface area contributed by atoms with Crippen LogP contribution in [-0.4, -0.2) is 26.4 Å². The Kier molecular flexibility index (Phi) is 4.22. The van der Waals surface area contributed by atoms with Gasteiger partial charge in [0.05, 0.1) is 0 Å². The van der Waals surface area contributed by atoms with E-state index in [9.17, 15) is 5.11 Å². The first-order valence-corrected chi connectivity index (χ1v) is 6.70. The van der Waals surface area contributed by atoms with Crippen LogP contribution in [0.2, 0.25) is 0 Å². The summed E-state index contributed by atoms with van der Waals surface area (Å²) in [5.41, 5.74) is 6.62. The van der Waals surface area contributed by atoms with Crippen molar-refractivity contribution in [2.75, 3.05) is 6.54 Å². The minimum atomic E-state index is 0.285. The molecule has 0 atom stereocenters. The van der Waals surface area contributed by atoms with Crippen molar-refractivity contribution >= 4 is 11.8 Å². The summed E-state index contributed by atoms with van der Waals surface area (Å²) in [6, 6.07) is 7.23. The Balaban J connectivity index is 2.06. The predicted molar refractivity (Wildman–Crippen MR) is 71.5 cm³/mol. The van der Waals surface area contributed by atoms with Crippen LogP contribution in [0.3, 0.4) is 0 Å². The number of hydrogen-bond acceptors (Lipinski definition) is 5. The van der Waals surface area contributed by atoms with E-state index in [0.717, 1.165) is 28.8 Å². The van der Waals surface area contributed by atoms with Crippen LogP contribution in [0.5, 0.6) is 5.75 Å². The number of phenols is 1. The normalized spacial score (nSPS) is 10.8. The number of aromatic hydroxyl groups is 1. The van der Waals surface area contributed by atoms with E-state index < -0.39 is 0 Å². The van der Waals surface area contributed by atoms with Gasteiger partial charge < -0.3 is 15.4 Å². The zero-order valence-corrected chi connectivity index (χ0v) is 11.0. The molecule has 0 saturated carbocycles. The SMILES string of the molecule is Cc1nnc(SCc2cccc(O)c2)n1CCN. The summed E-state index contributed by atoms with van der Waals surface area (Å²) in [4.78, 5) is 0. The molecule has 96 valence electrons. The molecule has 1 aromatic heterocycles. The molecule has 0 unspecified atom stereocenters. The fourth-order valence-corrected chi connectivity index (χ4v) is 2.60. The van der Waals surface area contributed by atoms with Crippen molar-refractivity contribution in [2.45, 2.75) is 24.4 Å². The van der Waals surface area contributed by atoms with Crippen molar-refractivity contribution in [3.63, 3.8) is 0 Å².